The van der Waals surface area contributed by atoms with Gasteiger partial charge in [0.25, 0.3) is 0 Å². The average molecular weight is 263 g/mol. The molecule has 0 aliphatic heterocycles. The molecule has 2 aromatic carbocycles. The number of halogens is 2. The van der Waals surface area contributed by atoms with Crippen LogP contribution in [0.15, 0.2) is 48.5 Å². The Morgan fingerprint density at radius 3 is 2.37 bits per heavy atom. The van der Waals surface area contributed by atoms with E-state index in [0.717, 1.165) is 23.8 Å². The van der Waals surface area contributed by atoms with Crippen LogP contribution in [-0.2, 0) is 0 Å². The molecular weight excluding hydrogens is 248 g/mol. The highest BCUT2D eigenvalue weighted by molar-refractivity contribution is 5.27. The van der Waals surface area contributed by atoms with Gasteiger partial charge in [-0.15, -0.1) is 0 Å². The van der Waals surface area contributed by atoms with E-state index < -0.39 is 17.7 Å². The van der Waals surface area contributed by atoms with E-state index in [2.05, 4.69) is 0 Å². The summed E-state index contributed by atoms with van der Waals surface area (Å²) in [6.07, 6.45) is -0.530. The smallest absolute Gasteiger partial charge is 0.165 e. The van der Waals surface area contributed by atoms with Gasteiger partial charge in [0.1, 0.15) is 11.9 Å². The van der Waals surface area contributed by atoms with Crippen molar-refractivity contribution in [2.24, 2.45) is 5.73 Å². The normalized spacial score (nSPS) is 13.9. The monoisotopic (exact) mass is 263 g/mol. The average Bonchev–Trinajstić information content (AvgIpc) is 2.40. The molecule has 0 saturated carbocycles. The van der Waals surface area contributed by atoms with Crippen molar-refractivity contribution >= 4 is 0 Å². The maximum Gasteiger partial charge on any atom is 0.165 e. The summed E-state index contributed by atoms with van der Waals surface area (Å²) in [5.41, 5.74) is 6.68. The van der Waals surface area contributed by atoms with Crippen LogP contribution in [0.3, 0.4) is 0 Å². The molecule has 0 aliphatic rings. The van der Waals surface area contributed by atoms with E-state index in [1.165, 1.54) is 0 Å². The van der Waals surface area contributed by atoms with Gasteiger partial charge in [-0.1, -0.05) is 30.3 Å². The highest BCUT2D eigenvalue weighted by atomic mass is 19.1. The molecular formula is C15H15F2NO. The minimum Gasteiger partial charge on any atom is -0.481 e. The van der Waals surface area contributed by atoms with Crippen molar-refractivity contribution in [2.75, 3.05) is 0 Å². The lowest BCUT2D eigenvalue weighted by molar-refractivity contribution is 0.172. The predicted molar refractivity (Wildman–Crippen MR) is 69.8 cm³/mol. The standard InChI is InChI=1S/C15H15F2NO/c1-10(18)15(11-5-3-2-4-6-11)19-14-9-12(16)7-8-13(14)17/h2-10,15H,18H2,1H3. The maximum absolute atomic E-state index is 13.6. The van der Waals surface area contributed by atoms with E-state index >= 15 is 0 Å². The van der Waals surface area contributed by atoms with Crippen LogP contribution in [-0.4, -0.2) is 6.04 Å². The summed E-state index contributed by atoms with van der Waals surface area (Å²) in [5, 5.41) is 0. The van der Waals surface area contributed by atoms with Crippen LogP contribution in [0.5, 0.6) is 5.75 Å². The molecule has 0 radical (unpaired) electrons. The van der Waals surface area contributed by atoms with Crippen molar-refractivity contribution in [3.63, 3.8) is 0 Å². The van der Waals surface area contributed by atoms with Gasteiger partial charge in [0, 0.05) is 12.1 Å². The molecule has 19 heavy (non-hydrogen) atoms. The summed E-state index contributed by atoms with van der Waals surface area (Å²) in [7, 11) is 0. The van der Waals surface area contributed by atoms with E-state index in [4.69, 9.17) is 10.5 Å². The van der Waals surface area contributed by atoms with Crippen molar-refractivity contribution in [1.29, 1.82) is 0 Å². The Kier molecular flexibility index (Phi) is 4.12. The number of benzene rings is 2. The third-order valence-corrected chi connectivity index (χ3v) is 2.75. The Hall–Kier alpha value is -1.94. The molecule has 2 rings (SSSR count). The molecule has 0 aromatic heterocycles. The van der Waals surface area contributed by atoms with Gasteiger partial charge in [0.15, 0.2) is 11.6 Å². The highest BCUT2D eigenvalue weighted by Crippen LogP contribution is 2.27. The lowest BCUT2D eigenvalue weighted by atomic mass is 10.0. The summed E-state index contributed by atoms with van der Waals surface area (Å²) in [6, 6.07) is 12.0. The zero-order chi connectivity index (χ0) is 13.8. The molecule has 0 spiro atoms. The number of hydrogen-bond acceptors (Lipinski definition) is 2. The molecule has 2 nitrogen and oxygen atoms in total. The highest BCUT2D eigenvalue weighted by Gasteiger charge is 2.19. The zero-order valence-corrected chi connectivity index (χ0v) is 10.5. The van der Waals surface area contributed by atoms with Gasteiger partial charge in [-0.05, 0) is 24.6 Å². The second-order valence-electron chi connectivity index (χ2n) is 4.38. The van der Waals surface area contributed by atoms with Crippen LogP contribution in [0.1, 0.15) is 18.6 Å². The quantitative estimate of drug-likeness (QED) is 0.917. The lowest BCUT2D eigenvalue weighted by Crippen LogP contribution is -2.29. The van der Waals surface area contributed by atoms with Crippen LogP contribution in [0.25, 0.3) is 0 Å². The molecule has 2 unspecified atom stereocenters. The summed E-state index contributed by atoms with van der Waals surface area (Å²) in [4.78, 5) is 0. The summed E-state index contributed by atoms with van der Waals surface area (Å²) in [5.74, 6) is -1.29. The van der Waals surface area contributed by atoms with E-state index in [-0.39, 0.29) is 11.8 Å². The first-order chi connectivity index (χ1) is 9.08. The molecule has 2 N–H and O–H groups in total. The number of nitrogens with two attached hydrogens (primary N) is 1. The van der Waals surface area contributed by atoms with Crippen LogP contribution in [0.4, 0.5) is 8.78 Å². The predicted octanol–water partition coefficient (Wildman–Crippen LogP) is 3.43. The molecule has 0 saturated heterocycles. The molecule has 0 heterocycles. The molecule has 0 amide bonds. The Morgan fingerprint density at radius 1 is 1.05 bits per heavy atom. The largest absolute Gasteiger partial charge is 0.481 e. The number of hydrogen-bond donors (Lipinski definition) is 1. The van der Waals surface area contributed by atoms with Crippen LogP contribution < -0.4 is 10.5 Å². The molecule has 100 valence electrons. The van der Waals surface area contributed by atoms with Crippen molar-refractivity contribution in [3.05, 3.63) is 65.7 Å². The van der Waals surface area contributed by atoms with E-state index in [1.54, 1.807) is 6.92 Å². The third kappa shape index (κ3) is 3.29. The third-order valence-electron chi connectivity index (χ3n) is 2.75. The fourth-order valence-corrected chi connectivity index (χ4v) is 1.83. The molecule has 4 heteroatoms. The van der Waals surface area contributed by atoms with E-state index in [9.17, 15) is 8.78 Å². The molecule has 0 fully saturated rings. The number of ether oxygens (including phenoxy) is 1. The van der Waals surface area contributed by atoms with Crippen LogP contribution in [0, 0.1) is 11.6 Å². The Morgan fingerprint density at radius 2 is 1.74 bits per heavy atom. The molecule has 0 bridgehead atoms. The van der Waals surface area contributed by atoms with E-state index in [0.29, 0.717) is 0 Å². The summed E-state index contributed by atoms with van der Waals surface area (Å²) in [6.45, 7) is 1.76. The van der Waals surface area contributed by atoms with Crippen molar-refractivity contribution < 1.29 is 13.5 Å². The van der Waals surface area contributed by atoms with Crippen molar-refractivity contribution in [1.82, 2.24) is 0 Å². The molecule has 0 aliphatic carbocycles. The molecule has 2 aromatic rings. The van der Waals surface area contributed by atoms with Crippen LogP contribution in [0.2, 0.25) is 0 Å². The van der Waals surface area contributed by atoms with Gasteiger partial charge in [-0.2, -0.15) is 0 Å². The topological polar surface area (TPSA) is 35.2 Å². The summed E-state index contributed by atoms with van der Waals surface area (Å²) < 4.78 is 32.2. The number of rotatable bonds is 4. The minimum atomic E-state index is -0.608. The Labute approximate surface area is 110 Å². The van der Waals surface area contributed by atoms with Gasteiger partial charge in [-0.25, -0.2) is 8.78 Å². The van der Waals surface area contributed by atoms with Crippen LogP contribution >= 0.6 is 0 Å². The summed E-state index contributed by atoms with van der Waals surface area (Å²) >= 11 is 0. The SMILES string of the molecule is CC(N)C(Oc1cc(F)ccc1F)c1ccccc1. The van der Waals surface area contributed by atoms with Gasteiger partial charge in [-0.3, -0.25) is 0 Å². The Bertz CT molecular complexity index is 543. The minimum absolute atomic E-state index is 0.133. The fraction of sp³-hybridized carbons (Fsp3) is 0.200. The second-order valence-corrected chi connectivity index (χ2v) is 4.38. The Balaban J connectivity index is 2.29. The maximum atomic E-state index is 13.6. The zero-order valence-electron chi connectivity index (χ0n) is 10.5. The first-order valence-electron chi connectivity index (χ1n) is 6.00. The van der Waals surface area contributed by atoms with Gasteiger partial charge in [0.05, 0.1) is 0 Å². The lowest BCUT2D eigenvalue weighted by Gasteiger charge is -2.23. The van der Waals surface area contributed by atoms with E-state index in [1.807, 2.05) is 30.3 Å². The second kappa shape index (κ2) is 5.80. The van der Waals surface area contributed by atoms with Gasteiger partial charge < -0.3 is 10.5 Å². The molecule has 2 atom stereocenters. The first-order valence-corrected chi connectivity index (χ1v) is 6.00. The van der Waals surface area contributed by atoms with Gasteiger partial charge in [0.2, 0.25) is 0 Å². The fourth-order valence-electron chi connectivity index (χ4n) is 1.83. The van der Waals surface area contributed by atoms with Gasteiger partial charge >= 0.3 is 0 Å². The van der Waals surface area contributed by atoms with Crippen molar-refractivity contribution in [2.45, 2.75) is 19.1 Å². The van der Waals surface area contributed by atoms with Crippen molar-refractivity contribution in [3.8, 4) is 5.75 Å². The first kappa shape index (κ1) is 13.5.